The number of aliphatic hydroxyl groups is 1. The van der Waals surface area contributed by atoms with Crippen molar-refractivity contribution < 1.29 is 27.8 Å². The molecule has 0 saturated heterocycles. The van der Waals surface area contributed by atoms with Gasteiger partial charge >= 0.3 is 12.1 Å². The number of benzene rings is 1. The summed E-state index contributed by atoms with van der Waals surface area (Å²) in [7, 11) is 0. The minimum absolute atomic E-state index is 0.172. The van der Waals surface area contributed by atoms with E-state index in [1.807, 2.05) is 19.9 Å². The molecule has 11 heteroatoms. The summed E-state index contributed by atoms with van der Waals surface area (Å²) in [6.45, 7) is 5.80. The van der Waals surface area contributed by atoms with Gasteiger partial charge in [-0.1, -0.05) is 0 Å². The Balaban J connectivity index is 1.53. The second-order valence-corrected chi connectivity index (χ2v) is 9.42. The van der Waals surface area contributed by atoms with Crippen molar-refractivity contribution >= 4 is 17.6 Å². The van der Waals surface area contributed by atoms with E-state index in [-0.39, 0.29) is 11.9 Å². The first-order valence-electron chi connectivity index (χ1n) is 11.7. The molecule has 0 unspecified atom stereocenters. The Morgan fingerprint density at radius 1 is 1.19 bits per heavy atom. The first kappa shape index (κ1) is 25.6. The fraction of sp³-hybridized carbons (Fsp3) is 0.440. The summed E-state index contributed by atoms with van der Waals surface area (Å²) in [5.41, 5.74) is -0.307. The molecule has 2 heterocycles. The van der Waals surface area contributed by atoms with Crippen molar-refractivity contribution in [2.24, 2.45) is 5.41 Å². The number of ether oxygens (including phenoxy) is 1. The Kier molecular flexibility index (Phi) is 6.78. The van der Waals surface area contributed by atoms with Gasteiger partial charge in [-0.15, -0.1) is 0 Å². The lowest BCUT2D eigenvalue weighted by Crippen LogP contribution is -2.40. The second kappa shape index (κ2) is 9.53. The highest BCUT2D eigenvalue weighted by Gasteiger charge is 2.46. The first-order chi connectivity index (χ1) is 16.9. The first-order valence-corrected chi connectivity index (χ1v) is 11.7. The quantitative estimate of drug-likeness (QED) is 0.453. The number of aryl methyl sites for hydroxylation is 1. The maximum Gasteiger partial charge on any atom is 0.433 e. The number of alkyl halides is 3. The van der Waals surface area contributed by atoms with Gasteiger partial charge in [-0.05, 0) is 76.3 Å². The third-order valence-electron chi connectivity index (χ3n) is 6.57. The lowest BCUT2D eigenvalue weighted by molar-refractivity contribution is -0.160. The molecule has 0 bridgehead atoms. The molecule has 1 fully saturated rings. The lowest BCUT2D eigenvalue weighted by atomic mass is 9.69. The second-order valence-electron chi connectivity index (χ2n) is 9.42. The van der Waals surface area contributed by atoms with E-state index >= 15 is 0 Å². The van der Waals surface area contributed by atoms with Gasteiger partial charge in [0.2, 0.25) is 5.95 Å². The molecule has 0 atom stereocenters. The van der Waals surface area contributed by atoms with Gasteiger partial charge < -0.3 is 19.7 Å². The Morgan fingerprint density at radius 3 is 2.58 bits per heavy atom. The fourth-order valence-corrected chi connectivity index (χ4v) is 4.38. The predicted octanol–water partition coefficient (Wildman–Crippen LogP) is 5.06. The van der Waals surface area contributed by atoms with Gasteiger partial charge in [-0.25, -0.2) is 15.0 Å². The third kappa shape index (κ3) is 5.35. The van der Waals surface area contributed by atoms with E-state index in [2.05, 4.69) is 20.3 Å². The van der Waals surface area contributed by atoms with Crippen LogP contribution in [-0.2, 0) is 21.3 Å². The molecule has 0 spiro atoms. The van der Waals surface area contributed by atoms with Gasteiger partial charge in [0.25, 0.3) is 0 Å². The molecule has 36 heavy (non-hydrogen) atoms. The molecular formula is C25H28F3N5O3. The summed E-state index contributed by atoms with van der Waals surface area (Å²) in [6, 6.07) is 6.18. The minimum atomic E-state index is -4.57. The van der Waals surface area contributed by atoms with Crippen molar-refractivity contribution in [3.8, 4) is 5.69 Å². The highest BCUT2D eigenvalue weighted by Crippen LogP contribution is 2.45. The zero-order chi connectivity index (χ0) is 26.1. The monoisotopic (exact) mass is 503 g/mol. The smallest absolute Gasteiger partial charge is 0.433 e. The number of nitrogens with zero attached hydrogens (tertiary/aromatic N) is 4. The van der Waals surface area contributed by atoms with Crippen LogP contribution in [0.2, 0.25) is 0 Å². The number of carbonyl (C=O) groups is 1. The van der Waals surface area contributed by atoms with E-state index in [1.54, 1.807) is 36.1 Å². The molecule has 1 aromatic carbocycles. The van der Waals surface area contributed by atoms with Gasteiger partial charge in [0.15, 0.2) is 0 Å². The van der Waals surface area contributed by atoms with Crippen LogP contribution in [0, 0.1) is 12.3 Å². The van der Waals surface area contributed by atoms with Gasteiger partial charge in [0, 0.05) is 23.8 Å². The normalized spacial score (nSPS) is 22.3. The summed E-state index contributed by atoms with van der Waals surface area (Å²) in [5, 5.41) is 14.1. The SMILES string of the molecule is CCOC(=O)C1(C)CCC(O)(c2cn(-c3cc(C)cc(Nc4nccc(C(F)(F)F)n4)c3)cn2)CC1. The number of aromatic nitrogens is 4. The summed E-state index contributed by atoms with van der Waals surface area (Å²) in [6.07, 6.45) is 1.47. The van der Waals surface area contributed by atoms with Crippen LogP contribution < -0.4 is 5.32 Å². The molecule has 1 aliphatic rings. The largest absolute Gasteiger partial charge is 0.466 e. The van der Waals surface area contributed by atoms with Crippen LogP contribution in [0.3, 0.4) is 0 Å². The number of esters is 1. The molecule has 0 aliphatic heterocycles. The Morgan fingerprint density at radius 2 is 1.92 bits per heavy atom. The van der Waals surface area contributed by atoms with Gasteiger partial charge in [0.05, 0.1) is 24.0 Å². The predicted molar refractivity (Wildman–Crippen MR) is 126 cm³/mol. The summed E-state index contributed by atoms with van der Waals surface area (Å²) in [4.78, 5) is 24.2. The Labute approximate surface area is 206 Å². The number of imidazole rings is 1. The van der Waals surface area contributed by atoms with Crippen molar-refractivity contribution in [3.05, 3.63) is 59.9 Å². The number of hydrogen-bond donors (Lipinski definition) is 2. The van der Waals surface area contributed by atoms with Crippen molar-refractivity contribution in [2.45, 2.75) is 58.2 Å². The zero-order valence-electron chi connectivity index (χ0n) is 20.3. The fourth-order valence-electron chi connectivity index (χ4n) is 4.38. The zero-order valence-corrected chi connectivity index (χ0v) is 20.3. The number of nitrogens with one attached hydrogen (secondary N) is 1. The molecule has 0 radical (unpaired) electrons. The van der Waals surface area contributed by atoms with Crippen LogP contribution in [0.5, 0.6) is 0 Å². The summed E-state index contributed by atoms with van der Waals surface area (Å²) >= 11 is 0. The van der Waals surface area contributed by atoms with E-state index < -0.39 is 22.9 Å². The molecular weight excluding hydrogens is 475 g/mol. The molecule has 1 saturated carbocycles. The van der Waals surface area contributed by atoms with E-state index in [0.717, 1.165) is 17.8 Å². The van der Waals surface area contributed by atoms with Crippen LogP contribution >= 0.6 is 0 Å². The molecule has 192 valence electrons. The molecule has 1 aliphatic carbocycles. The highest BCUT2D eigenvalue weighted by molar-refractivity contribution is 5.76. The highest BCUT2D eigenvalue weighted by atomic mass is 19.4. The van der Waals surface area contributed by atoms with Crippen molar-refractivity contribution in [1.82, 2.24) is 19.5 Å². The molecule has 0 amide bonds. The average Bonchev–Trinajstić information content (AvgIpc) is 3.32. The van der Waals surface area contributed by atoms with Gasteiger partial charge in [-0.3, -0.25) is 4.79 Å². The van der Waals surface area contributed by atoms with Crippen molar-refractivity contribution in [3.63, 3.8) is 0 Å². The van der Waals surface area contributed by atoms with E-state index in [0.29, 0.717) is 49.4 Å². The van der Waals surface area contributed by atoms with Gasteiger partial charge in [0.1, 0.15) is 11.3 Å². The molecule has 2 aromatic heterocycles. The van der Waals surface area contributed by atoms with Crippen LogP contribution in [-0.4, -0.2) is 37.2 Å². The summed E-state index contributed by atoms with van der Waals surface area (Å²) in [5.74, 6) is -0.420. The molecule has 4 rings (SSSR count). The van der Waals surface area contributed by atoms with E-state index in [1.165, 1.54) is 0 Å². The average molecular weight is 504 g/mol. The van der Waals surface area contributed by atoms with Crippen molar-refractivity contribution in [1.29, 1.82) is 0 Å². The molecule has 8 nitrogen and oxygen atoms in total. The van der Waals surface area contributed by atoms with E-state index in [9.17, 15) is 23.1 Å². The molecule has 3 aromatic rings. The topological polar surface area (TPSA) is 102 Å². The van der Waals surface area contributed by atoms with Crippen LogP contribution in [0.4, 0.5) is 24.8 Å². The lowest BCUT2D eigenvalue weighted by Gasteiger charge is -2.39. The minimum Gasteiger partial charge on any atom is -0.466 e. The number of carbonyl (C=O) groups excluding carboxylic acids is 1. The van der Waals surface area contributed by atoms with Crippen LogP contribution in [0.15, 0.2) is 43.0 Å². The standard InChI is InChI=1S/C25H28F3N5O3/c1-4-36-21(34)23(3)6-8-24(35,9-7-23)20-14-33(15-30-20)18-12-16(2)11-17(13-18)31-22-29-10-5-19(32-22)25(26,27)28/h5,10-15,35H,4,6-9H2,1-3H3,(H,29,31,32). The third-order valence-corrected chi connectivity index (χ3v) is 6.57. The Hall–Kier alpha value is -3.47. The number of anilines is 2. The van der Waals surface area contributed by atoms with Crippen LogP contribution in [0.1, 0.15) is 56.5 Å². The maximum absolute atomic E-state index is 13.0. The molecule has 2 N–H and O–H groups in total. The number of hydrogen-bond acceptors (Lipinski definition) is 7. The van der Waals surface area contributed by atoms with Crippen LogP contribution in [0.25, 0.3) is 5.69 Å². The van der Waals surface area contributed by atoms with E-state index in [4.69, 9.17) is 4.74 Å². The number of rotatable bonds is 6. The van der Waals surface area contributed by atoms with Gasteiger partial charge in [-0.2, -0.15) is 13.2 Å². The maximum atomic E-state index is 13.0. The number of halogens is 3. The van der Waals surface area contributed by atoms with Crippen molar-refractivity contribution in [2.75, 3.05) is 11.9 Å². The summed E-state index contributed by atoms with van der Waals surface area (Å²) < 4.78 is 45.9. The Bertz CT molecular complexity index is 1250.